The molecule has 8 nitrogen and oxygen atoms in total. The monoisotopic (exact) mass is 386 g/mol. The minimum absolute atomic E-state index is 0.0846. The van der Waals surface area contributed by atoms with Gasteiger partial charge >= 0.3 is 6.03 Å². The molecule has 3 amide bonds. The lowest BCUT2D eigenvalue weighted by Crippen LogP contribution is -2.55. The highest BCUT2D eigenvalue weighted by Gasteiger charge is 2.40. The topological polar surface area (TPSA) is 74.0 Å². The Labute approximate surface area is 161 Å². The average molecular weight is 387 g/mol. The maximum atomic E-state index is 13.2. The SMILES string of the molecule is CN(C)C(=O)CN1C(=O)N2CCCN=C2c2cnn(-c3ccccc3Cl)c21. The maximum absolute atomic E-state index is 13.2. The van der Waals surface area contributed by atoms with Crippen LogP contribution in [0.5, 0.6) is 0 Å². The third-order valence-corrected chi connectivity index (χ3v) is 4.95. The lowest BCUT2D eigenvalue weighted by atomic mass is 10.1. The fourth-order valence-corrected chi connectivity index (χ4v) is 3.45. The van der Waals surface area contributed by atoms with Gasteiger partial charge in [0.2, 0.25) is 5.91 Å². The summed E-state index contributed by atoms with van der Waals surface area (Å²) >= 11 is 6.36. The second-order valence-electron chi connectivity index (χ2n) is 6.61. The summed E-state index contributed by atoms with van der Waals surface area (Å²) in [6.45, 7) is 1.15. The summed E-state index contributed by atoms with van der Waals surface area (Å²) in [6, 6.07) is 6.98. The Hall–Kier alpha value is -2.87. The van der Waals surface area contributed by atoms with Gasteiger partial charge in [0.25, 0.3) is 0 Å². The van der Waals surface area contributed by atoms with Crippen molar-refractivity contribution in [2.45, 2.75) is 6.42 Å². The van der Waals surface area contributed by atoms with Crippen molar-refractivity contribution in [3.05, 3.63) is 41.0 Å². The van der Waals surface area contributed by atoms with Crippen LogP contribution >= 0.6 is 11.6 Å². The van der Waals surface area contributed by atoms with Gasteiger partial charge in [-0.25, -0.2) is 9.48 Å². The average Bonchev–Trinajstić information content (AvgIpc) is 3.10. The summed E-state index contributed by atoms with van der Waals surface area (Å²) in [5.74, 6) is 0.937. The Bertz CT molecular complexity index is 951. The van der Waals surface area contributed by atoms with Crippen LogP contribution < -0.4 is 4.90 Å². The molecular formula is C18H19ClN6O2. The zero-order chi connectivity index (χ0) is 19.1. The molecule has 0 N–H and O–H groups in total. The lowest BCUT2D eigenvalue weighted by molar-refractivity contribution is -0.127. The van der Waals surface area contributed by atoms with Crippen molar-refractivity contribution in [1.29, 1.82) is 0 Å². The van der Waals surface area contributed by atoms with Crippen LogP contribution in [-0.2, 0) is 4.79 Å². The first kappa shape index (κ1) is 17.5. The number of likely N-dealkylation sites (N-methyl/N-ethyl adjacent to an activating group) is 1. The number of urea groups is 1. The van der Waals surface area contributed by atoms with Crippen molar-refractivity contribution >= 4 is 35.2 Å². The molecule has 140 valence electrons. The van der Waals surface area contributed by atoms with Gasteiger partial charge in [-0.05, 0) is 18.6 Å². The molecule has 2 aliphatic heterocycles. The number of nitrogens with zero attached hydrogens (tertiary/aromatic N) is 6. The Morgan fingerprint density at radius 1 is 1.30 bits per heavy atom. The standard InChI is InChI=1S/C18H19ClN6O2/c1-22(2)15(26)11-24-17-12(16-20-8-5-9-23(16)18(24)27)10-21-25(17)14-7-4-3-6-13(14)19/h3-4,6-7,10H,5,8-9,11H2,1-2H3. The van der Waals surface area contributed by atoms with Gasteiger partial charge in [0.15, 0.2) is 5.82 Å². The number of aromatic nitrogens is 2. The second kappa shape index (κ2) is 6.70. The number of para-hydroxylation sites is 1. The van der Waals surface area contributed by atoms with Gasteiger partial charge in [-0.3, -0.25) is 19.6 Å². The molecule has 1 aromatic carbocycles. The molecule has 9 heteroatoms. The number of aliphatic imine (C=N–C) groups is 1. The number of fused-ring (bicyclic) bond motifs is 3. The number of benzene rings is 1. The van der Waals surface area contributed by atoms with Crippen molar-refractivity contribution < 1.29 is 9.59 Å². The summed E-state index contributed by atoms with van der Waals surface area (Å²) in [5.41, 5.74) is 1.36. The first-order valence-electron chi connectivity index (χ1n) is 8.66. The number of anilines is 1. The summed E-state index contributed by atoms with van der Waals surface area (Å²) in [4.78, 5) is 34.6. The smallest absolute Gasteiger partial charge is 0.331 e. The fourth-order valence-electron chi connectivity index (χ4n) is 3.24. The predicted molar refractivity (Wildman–Crippen MR) is 103 cm³/mol. The number of amides is 3. The van der Waals surface area contributed by atoms with Crippen molar-refractivity contribution in [3.63, 3.8) is 0 Å². The number of amidine groups is 1. The van der Waals surface area contributed by atoms with Crippen LogP contribution in [0.15, 0.2) is 35.5 Å². The number of carbonyl (C=O) groups excluding carboxylic acids is 2. The van der Waals surface area contributed by atoms with Gasteiger partial charge in [-0.15, -0.1) is 0 Å². The van der Waals surface area contributed by atoms with Crippen LogP contribution in [0.4, 0.5) is 10.6 Å². The molecule has 1 aromatic heterocycles. The largest absolute Gasteiger partial charge is 0.347 e. The maximum Gasteiger partial charge on any atom is 0.331 e. The number of carbonyl (C=O) groups is 2. The Morgan fingerprint density at radius 3 is 2.81 bits per heavy atom. The zero-order valence-electron chi connectivity index (χ0n) is 15.1. The van der Waals surface area contributed by atoms with E-state index in [4.69, 9.17) is 11.6 Å². The third kappa shape index (κ3) is 2.86. The van der Waals surface area contributed by atoms with E-state index in [-0.39, 0.29) is 18.5 Å². The molecule has 0 fully saturated rings. The van der Waals surface area contributed by atoms with Gasteiger partial charge in [0.1, 0.15) is 12.4 Å². The first-order chi connectivity index (χ1) is 13.0. The molecule has 0 radical (unpaired) electrons. The van der Waals surface area contributed by atoms with Crippen LogP contribution in [0.1, 0.15) is 12.0 Å². The van der Waals surface area contributed by atoms with E-state index < -0.39 is 0 Å². The molecule has 3 heterocycles. The molecule has 0 saturated carbocycles. The van der Waals surface area contributed by atoms with Gasteiger partial charge in [0.05, 0.1) is 22.5 Å². The molecule has 2 aliphatic rings. The Morgan fingerprint density at radius 2 is 2.07 bits per heavy atom. The molecule has 0 aliphatic carbocycles. The molecule has 4 rings (SSSR count). The Balaban J connectivity index is 1.90. The predicted octanol–water partition coefficient (Wildman–Crippen LogP) is 2.01. The molecule has 27 heavy (non-hydrogen) atoms. The van der Waals surface area contributed by atoms with Gasteiger partial charge in [-0.2, -0.15) is 5.10 Å². The van der Waals surface area contributed by atoms with Crippen LogP contribution in [-0.4, -0.2) is 71.1 Å². The molecule has 0 bridgehead atoms. The van der Waals surface area contributed by atoms with Crippen molar-refractivity contribution in [1.82, 2.24) is 19.6 Å². The number of hydrogen-bond donors (Lipinski definition) is 0. The first-order valence-corrected chi connectivity index (χ1v) is 9.03. The molecular weight excluding hydrogens is 368 g/mol. The number of rotatable bonds is 3. The zero-order valence-corrected chi connectivity index (χ0v) is 15.8. The second-order valence-corrected chi connectivity index (χ2v) is 7.02. The van der Waals surface area contributed by atoms with E-state index in [2.05, 4.69) is 10.1 Å². The van der Waals surface area contributed by atoms with E-state index in [0.29, 0.717) is 35.5 Å². The minimum Gasteiger partial charge on any atom is -0.347 e. The summed E-state index contributed by atoms with van der Waals surface area (Å²) in [6.07, 6.45) is 2.47. The van der Waals surface area contributed by atoms with Crippen molar-refractivity contribution in [2.75, 3.05) is 38.6 Å². The number of halogens is 1. The molecule has 0 spiro atoms. The summed E-state index contributed by atoms with van der Waals surface area (Å²) < 4.78 is 1.60. The molecule has 0 atom stereocenters. The minimum atomic E-state index is -0.273. The lowest BCUT2D eigenvalue weighted by Gasteiger charge is -2.38. The van der Waals surface area contributed by atoms with E-state index in [1.807, 2.05) is 18.2 Å². The van der Waals surface area contributed by atoms with Crippen molar-refractivity contribution in [3.8, 4) is 5.69 Å². The third-order valence-electron chi connectivity index (χ3n) is 4.63. The van der Waals surface area contributed by atoms with E-state index in [0.717, 1.165) is 12.0 Å². The fraction of sp³-hybridized carbons (Fsp3) is 0.333. The van der Waals surface area contributed by atoms with Gasteiger partial charge < -0.3 is 4.90 Å². The van der Waals surface area contributed by atoms with Crippen LogP contribution in [0.3, 0.4) is 0 Å². The van der Waals surface area contributed by atoms with Crippen LogP contribution in [0.25, 0.3) is 5.69 Å². The van der Waals surface area contributed by atoms with E-state index in [9.17, 15) is 9.59 Å². The summed E-state index contributed by atoms with van der Waals surface area (Å²) in [5, 5.41) is 4.97. The molecule has 0 saturated heterocycles. The Kier molecular flexibility index (Phi) is 4.35. The highest BCUT2D eigenvalue weighted by molar-refractivity contribution is 6.32. The highest BCUT2D eigenvalue weighted by Crippen LogP contribution is 2.34. The highest BCUT2D eigenvalue weighted by atomic mass is 35.5. The normalized spacial score (nSPS) is 16.0. The van der Waals surface area contributed by atoms with E-state index in [1.54, 1.807) is 35.9 Å². The van der Waals surface area contributed by atoms with E-state index in [1.165, 1.54) is 9.80 Å². The van der Waals surface area contributed by atoms with Gasteiger partial charge in [0, 0.05) is 27.2 Å². The molecule has 0 unspecified atom stereocenters. The molecule has 2 aromatic rings. The van der Waals surface area contributed by atoms with Crippen LogP contribution in [0, 0.1) is 0 Å². The summed E-state index contributed by atoms with van der Waals surface area (Å²) in [7, 11) is 3.33. The van der Waals surface area contributed by atoms with Gasteiger partial charge in [-0.1, -0.05) is 23.7 Å². The number of hydrogen-bond acceptors (Lipinski definition) is 4. The van der Waals surface area contributed by atoms with Crippen molar-refractivity contribution in [2.24, 2.45) is 4.99 Å². The van der Waals surface area contributed by atoms with E-state index >= 15 is 0 Å². The van der Waals surface area contributed by atoms with Crippen LogP contribution in [0.2, 0.25) is 5.02 Å². The quantitative estimate of drug-likeness (QED) is 0.809.